The first-order valence-electron chi connectivity index (χ1n) is 4.73. The van der Waals surface area contributed by atoms with Gasteiger partial charge in [-0.2, -0.15) is 0 Å². The summed E-state index contributed by atoms with van der Waals surface area (Å²) in [4.78, 5) is 26.9. The Balaban J connectivity index is 2.96. The maximum absolute atomic E-state index is 11.0. The number of hydrogen-bond acceptors (Lipinski definition) is 4. The van der Waals surface area contributed by atoms with Gasteiger partial charge in [0, 0.05) is 24.3 Å². The quantitative estimate of drug-likeness (QED) is 0.855. The third kappa shape index (κ3) is 3.70. The van der Waals surface area contributed by atoms with Crippen LogP contribution in [0.25, 0.3) is 0 Å². The van der Waals surface area contributed by atoms with Crippen molar-refractivity contribution in [2.45, 2.75) is 6.42 Å². The summed E-state index contributed by atoms with van der Waals surface area (Å²) in [5, 5.41) is 17.6. The molecule has 0 spiro atoms. The Bertz CT molecular complexity index is 450. The lowest BCUT2D eigenvalue weighted by molar-refractivity contribution is -0.136. The largest absolute Gasteiger partial charge is 0.481 e. The molecule has 0 saturated carbocycles. The zero-order chi connectivity index (χ0) is 13.0. The molecule has 1 heterocycles. The highest BCUT2D eigenvalue weighted by Gasteiger charge is 2.16. The number of anilines is 1. The molecule has 1 aromatic heterocycles. The van der Waals surface area contributed by atoms with Gasteiger partial charge in [0.2, 0.25) is 0 Å². The number of rotatable bonds is 5. The maximum atomic E-state index is 11.0. The molecular formula is C10H11BrN2O4. The van der Waals surface area contributed by atoms with E-state index in [2.05, 4.69) is 20.9 Å². The molecule has 7 heteroatoms. The number of halogens is 1. The van der Waals surface area contributed by atoms with Crippen molar-refractivity contribution in [1.29, 1.82) is 0 Å². The third-order valence-corrected chi connectivity index (χ3v) is 2.52. The van der Waals surface area contributed by atoms with E-state index in [9.17, 15) is 9.59 Å². The number of nitrogens with zero attached hydrogens (tertiary/aromatic N) is 2. The summed E-state index contributed by atoms with van der Waals surface area (Å²) in [6, 6.07) is 1.43. The fourth-order valence-electron chi connectivity index (χ4n) is 1.26. The van der Waals surface area contributed by atoms with Gasteiger partial charge in [0.05, 0.1) is 6.42 Å². The Morgan fingerprint density at radius 3 is 2.65 bits per heavy atom. The highest BCUT2D eigenvalue weighted by Crippen LogP contribution is 2.20. The van der Waals surface area contributed by atoms with Crippen LogP contribution in [-0.2, 0) is 4.79 Å². The van der Waals surface area contributed by atoms with Crippen molar-refractivity contribution in [2.75, 3.05) is 18.5 Å². The molecule has 0 atom stereocenters. The van der Waals surface area contributed by atoms with E-state index in [1.165, 1.54) is 17.2 Å². The molecule has 0 saturated heterocycles. The smallest absolute Gasteiger partial charge is 0.339 e. The van der Waals surface area contributed by atoms with Gasteiger partial charge in [-0.25, -0.2) is 9.78 Å². The maximum Gasteiger partial charge on any atom is 0.339 e. The van der Waals surface area contributed by atoms with E-state index in [4.69, 9.17) is 10.2 Å². The second-order valence-electron chi connectivity index (χ2n) is 3.40. The molecule has 2 N–H and O–H groups in total. The highest BCUT2D eigenvalue weighted by molar-refractivity contribution is 9.10. The van der Waals surface area contributed by atoms with Crippen LogP contribution in [0.15, 0.2) is 16.7 Å². The van der Waals surface area contributed by atoms with Crippen LogP contribution >= 0.6 is 15.9 Å². The second kappa shape index (κ2) is 5.62. The average Bonchev–Trinajstić information content (AvgIpc) is 2.25. The van der Waals surface area contributed by atoms with Crippen LogP contribution in [0.1, 0.15) is 16.8 Å². The SMILES string of the molecule is CN(CCC(=O)O)c1ncc(Br)cc1C(=O)O. The van der Waals surface area contributed by atoms with E-state index < -0.39 is 11.9 Å². The van der Waals surface area contributed by atoms with Gasteiger partial charge < -0.3 is 15.1 Å². The number of aliphatic carboxylic acids is 1. The number of carboxylic acids is 2. The van der Waals surface area contributed by atoms with Crippen LogP contribution in [0, 0.1) is 0 Å². The second-order valence-corrected chi connectivity index (χ2v) is 4.31. The molecular weight excluding hydrogens is 292 g/mol. The van der Waals surface area contributed by atoms with Crippen molar-refractivity contribution in [1.82, 2.24) is 4.98 Å². The summed E-state index contributed by atoms with van der Waals surface area (Å²) in [7, 11) is 1.60. The predicted octanol–water partition coefficient (Wildman–Crippen LogP) is 1.45. The Labute approximate surface area is 106 Å². The highest BCUT2D eigenvalue weighted by atomic mass is 79.9. The molecule has 1 rings (SSSR count). The first-order valence-corrected chi connectivity index (χ1v) is 5.53. The topological polar surface area (TPSA) is 90.7 Å². The molecule has 6 nitrogen and oxygen atoms in total. The van der Waals surface area contributed by atoms with Crippen molar-refractivity contribution in [3.05, 3.63) is 22.3 Å². The zero-order valence-electron chi connectivity index (χ0n) is 9.05. The minimum absolute atomic E-state index is 0.0345. The van der Waals surface area contributed by atoms with Crippen molar-refractivity contribution in [3.63, 3.8) is 0 Å². The third-order valence-electron chi connectivity index (χ3n) is 2.09. The number of carbonyl (C=O) groups is 2. The van der Waals surface area contributed by atoms with Crippen molar-refractivity contribution >= 4 is 33.7 Å². The van der Waals surface area contributed by atoms with E-state index in [0.29, 0.717) is 4.47 Å². The summed E-state index contributed by atoms with van der Waals surface area (Å²) in [5.74, 6) is -1.79. The molecule has 0 aliphatic heterocycles. The average molecular weight is 303 g/mol. The minimum atomic E-state index is -1.10. The number of hydrogen-bond donors (Lipinski definition) is 2. The van der Waals surface area contributed by atoms with Crippen LogP contribution in [0.3, 0.4) is 0 Å². The van der Waals surface area contributed by atoms with Gasteiger partial charge in [-0.1, -0.05) is 0 Å². The first kappa shape index (κ1) is 13.4. The van der Waals surface area contributed by atoms with Gasteiger partial charge in [-0.05, 0) is 22.0 Å². The van der Waals surface area contributed by atoms with E-state index in [0.717, 1.165) is 0 Å². The molecule has 17 heavy (non-hydrogen) atoms. The van der Waals surface area contributed by atoms with Crippen LogP contribution < -0.4 is 4.90 Å². The fraction of sp³-hybridized carbons (Fsp3) is 0.300. The van der Waals surface area contributed by atoms with Gasteiger partial charge >= 0.3 is 11.9 Å². The molecule has 0 amide bonds. The van der Waals surface area contributed by atoms with Gasteiger partial charge in [0.1, 0.15) is 11.4 Å². The van der Waals surface area contributed by atoms with Gasteiger partial charge in [-0.3, -0.25) is 4.79 Å². The molecule has 1 aromatic rings. The van der Waals surface area contributed by atoms with Crippen molar-refractivity contribution < 1.29 is 19.8 Å². The molecule has 0 aliphatic carbocycles. The summed E-state index contributed by atoms with van der Waals surface area (Å²) in [5.41, 5.74) is 0.0345. The summed E-state index contributed by atoms with van der Waals surface area (Å²) >= 11 is 3.14. The number of aromatic carboxylic acids is 1. The number of aromatic nitrogens is 1. The van der Waals surface area contributed by atoms with Crippen molar-refractivity contribution in [3.8, 4) is 0 Å². The standard InChI is InChI=1S/C10H11BrN2O4/c1-13(3-2-8(14)15)9-7(10(16)17)4-6(11)5-12-9/h4-5H,2-3H2,1H3,(H,14,15)(H,16,17). The van der Waals surface area contributed by atoms with Crippen molar-refractivity contribution in [2.24, 2.45) is 0 Å². The van der Waals surface area contributed by atoms with E-state index in [1.54, 1.807) is 7.05 Å². The number of carboxylic acid groups (broad SMARTS) is 2. The normalized spacial score (nSPS) is 10.0. The molecule has 0 aromatic carbocycles. The molecule has 0 unspecified atom stereocenters. The molecule has 92 valence electrons. The lowest BCUT2D eigenvalue weighted by atomic mass is 10.2. The lowest BCUT2D eigenvalue weighted by Gasteiger charge is -2.18. The Morgan fingerprint density at radius 2 is 2.12 bits per heavy atom. The van der Waals surface area contributed by atoms with Gasteiger partial charge in [0.15, 0.2) is 0 Å². The summed E-state index contributed by atoms with van der Waals surface area (Å²) in [6.45, 7) is 0.199. The van der Waals surface area contributed by atoms with E-state index in [-0.39, 0.29) is 24.3 Å². The fourth-order valence-corrected chi connectivity index (χ4v) is 1.59. The molecule has 0 aliphatic rings. The zero-order valence-corrected chi connectivity index (χ0v) is 10.6. The summed E-state index contributed by atoms with van der Waals surface area (Å²) < 4.78 is 0.560. The van der Waals surface area contributed by atoms with Gasteiger partial charge in [0.25, 0.3) is 0 Å². The minimum Gasteiger partial charge on any atom is -0.481 e. The van der Waals surface area contributed by atoms with E-state index >= 15 is 0 Å². The first-order chi connectivity index (χ1) is 7.91. The Kier molecular flexibility index (Phi) is 4.45. The Hall–Kier alpha value is -1.63. The van der Waals surface area contributed by atoms with E-state index in [1.807, 2.05) is 0 Å². The van der Waals surface area contributed by atoms with Crippen LogP contribution in [0.4, 0.5) is 5.82 Å². The lowest BCUT2D eigenvalue weighted by Crippen LogP contribution is -2.24. The predicted molar refractivity (Wildman–Crippen MR) is 64.4 cm³/mol. The monoisotopic (exact) mass is 302 g/mol. The van der Waals surface area contributed by atoms with Crippen LogP contribution in [0.5, 0.6) is 0 Å². The molecule has 0 fully saturated rings. The summed E-state index contributed by atoms with van der Waals surface area (Å²) in [6.07, 6.45) is 1.40. The van der Waals surface area contributed by atoms with Gasteiger partial charge in [-0.15, -0.1) is 0 Å². The number of pyridine rings is 1. The van der Waals surface area contributed by atoms with Crippen LogP contribution in [-0.4, -0.2) is 40.7 Å². The Morgan fingerprint density at radius 1 is 1.47 bits per heavy atom. The van der Waals surface area contributed by atoms with Crippen LogP contribution in [0.2, 0.25) is 0 Å². The molecule has 0 bridgehead atoms. The molecule has 0 radical (unpaired) electrons.